The van der Waals surface area contributed by atoms with Gasteiger partial charge in [0.1, 0.15) is 5.75 Å². The highest BCUT2D eigenvalue weighted by Crippen LogP contribution is 2.42. The smallest absolute Gasteiger partial charge is 0.229 e. The first-order chi connectivity index (χ1) is 14.2. The molecule has 29 heavy (non-hydrogen) atoms. The van der Waals surface area contributed by atoms with E-state index < -0.39 is 0 Å². The summed E-state index contributed by atoms with van der Waals surface area (Å²) in [5.41, 5.74) is 2.77. The van der Waals surface area contributed by atoms with Crippen molar-refractivity contribution in [2.24, 2.45) is 0 Å². The average molecular weight is 407 g/mol. The van der Waals surface area contributed by atoms with Crippen molar-refractivity contribution in [3.8, 4) is 11.8 Å². The van der Waals surface area contributed by atoms with Gasteiger partial charge in [-0.2, -0.15) is 5.26 Å². The van der Waals surface area contributed by atoms with Gasteiger partial charge in [0.05, 0.1) is 35.8 Å². The van der Waals surface area contributed by atoms with Gasteiger partial charge in [-0.05, 0) is 36.2 Å². The Bertz CT molecular complexity index is 953. The number of nitrogens with zero attached hydrogens (tertiary/aromatic N) is 4. The molecule has 3 heterocycles. The van der Waals surface area contributed by atoms with E-state index in [-0.39, 0.29) is 11.8 Å². The number of amides is 1. The number of rotatable bonds is 5. The van der Waals surface area contributed by atoms with Crippen LogP contribution in [0, 0.1) is 11.3 Å². The number of benzene rings is 1. The molecule has 0 radical (unpaired) electrons. The Morgan fingerprint density at radius 3 is 2.83 bits per heavy atom. The van der Waals surface area contributed by atoms with Crippen LogP contribution in [0.4, 0.5) is 0 Å². The minimum absolute atomic E-state index is 0.0567. The number of aromatic nitrogens is 1. The van der Waals surface area contributed by atoms with E-state index in [4.69, 9.17) is 4.74 Å². The van der Waals surface area contributed by atoms with Gasteiger partial charge < -0.3 is 4.74 Å². The lowest BCUT2D eigenvalue weighted by atomic mass is 9.86. The zero-order valence-electron chi connectivity index (χ0n) is 16.2. The third-order valence-corrected chi connectivity index (χ3v) is 6.28. The number of nitriles is 1. The SMILES string of the molecule is CCOc1ccc([C@H]2CC(=O)N3CN(Cc4cccnc4)CSC3=C2C#N)cc1. The van der Waals surface area contributed by atoms with Crippen molar-refractivity contribution in [3.63, 3.8) is 0 Å². The monoisotopic (exact) mass is 406 g/mol. The third-order valence-electron chi connectivity index (χ3n) is 5.07. The van der Waals surface area contributed by atoms with E-state index in [1.165, 1.54) is 0 Å². The van der Waals surface area contributed by atoms with Gasteiger partial charge in [0.25, 0.3) is 0 Å². The molecule has 1 fully saturated rings. The summed E-state index contributed by atoms with van der Waals surface area (Å²) in [6, 6.07) is 14.0. The number of fused-ring (bicyclic) bond motifs is 1. The highest BCUT2D eigenvalue weighted by Gasteiger charge is 2.38. The molecule has 0 aliphatic carbocycles. The normalized spacial score (nSPS) is 19.7. The fourth-order valence-electron chi connectivity index (χ4n) is 3.71. The summed E-state index contributed by atoms with van der Waals surface area (Å²) >= 11 is 1.56. The number of ether oxygens (including phenoxy) is 1. The first kappa shape index (κ1) is 19.5. The van der Waals surface area contributed by atoms with Crippen molar-refractivity contribution < 1.29 is 9.53 Å². The van der Waals surface area contributed by atoms with E-state index in [1.807, 2.05) is 49.5 Å². The van der Waals surface area contributed by atoms with Crippen LogP contribution in [0.1, 0.15) is 30.4 Å². The van der Waals surface area contributed by atoms with Gasteiger partial charge >= 0.3 is 0 Å². The summed E-state index contributed by atoms with van der Waals surface area (Å²) in [5, 5.41) is 10.7. The Kier molecular flexibility index (Phi) is 5.84. The van der Waals surface area contributed by atoms with Gasteiger partial charge in [-0.1, -0.05) is 30.0 Å². The largest absolute Gasteiger partial charge is 0.494 e. The summed E-state index contributed by atoms with van der Waals surface area (Å²) in [6.45, 7) is 3.77. The van der Waals surface area contributed by atoms with Crippen molar-refractivity contribution >= 4 is 17.7 Å². The molecule has 2 aromatic rings. The summed E-state index contributed by atoms with van der Waals surface area (Å²) in [5.74, 6) is 1.38. The van der Waals surface area contributed by atoms with E-state index in [1.54, 1.807) is 22.9 Å². The quantitative estimate of drug-likeness (QED) is 0.754. The second-order valence-corrected chi connectivity index (χ2v) is 7.95. The molecule has 1 saturated heterocycles. The van der Waals surface area contributed by atoms with Gasteiger partial charge in [0.15, 0.2) is 0 Å². The number of hydrogen-bond donors (Lipinski definition) is 0. The second kappa shape index (κ2) is 8.68. The number of thioether (sulfide) groups is 1. The molecule has 1 aromatic carbocycles. The Hall–Kier alpha value is -2.82. The fraction of sp³-hybridized carbons (Fsp3) is 0.318. The number of pyridine rings is 1. The highest BCUT2D eigenvalue weighted by atomic mass is 32.2. The van der Waals surface area contributed by atoms with Crippen LogP contribution in [0.2, 0.25) is 0 Å². The van der Waals surface area contributed by atoms with E-state index >= 15 is 0 Å². The van der Waals surface area contributed by atoms with E-state index in [0.29, 0.717) is 25.3 Å². The molecule has 1 atom stereocenters. The maximum Gasteiger partial charge on any atom is 0.229 e. The van der Waals surface area contributed by atoms with Crippen LogP contribution in [-0.4, -0.2) is 39.8 Å². The molecule has 0 bridgehead atoms. The van der Waals surface area contributed by atoms with Crippen molar-refractivity contribution in [1.29, 1.82) is 5.26 Å². The predicted molar refractivity (Wildman–Crippen MR) is 112 cm³/mol. The molecule has 2 aliphatic heterocycles. The van der Waals surface area contributed by atoms with Crippen molar-refractivity contribution in [1.82, 2.24) is 14.8 Å². The Morgan fingerprint density at radius 1 is 1.31 bits per heavy atom. The molecule has 0 unspecified atom stereocenters. The molecule has 148 valence electrons. The van der Waals surface area contributed by atoms with Gasteiger partial charge in [0, 0.05) is 31.3 Å². The number of hydrogen-bond acceptors (Lipinski definition) is 6. The average Bonchev–Trinajstić information content (AvgIpc) is 2.75. The Labute approximate surface area is 174 Å². The molecule has 1 aromatic heterocycles. The molecule has 2 aliphatic rings. The van der Waals surface area contributed by atoms with Crippen LogP contribution in [0.3, 0.4) is 0 Å². The summed E-state index contributed by atoms with van der Waals surface area (Å²) in [6.07, 6.45) is 3.90. The first-order valence-electron chi connectivity index (χ1n) is 9.61. The zero-order chi connectivity index (χ0) is 20.2. The minimum Gasteiger partial charge on any atom is -0.494 e. The van der Waals surface area contributed by atoms with Gasteiger partial charge in [-0.25, -0.2) is 0 Å². The van der Waals surface area contributed by atoms with Crippen molar-refractivity contribution in [2.45, 2.75) is 25.8 Å². The van der Waals surface area contributed by atoms with Crippen molar-refractivity contribution in [3.05, 3.63) is 70.5 Å². The zero-order valence-corrected chi connectivity index (χ0v) is 17.1. The maximum absolute atomic E-state index is 12.9. The molecular weight excluding hydrogens is 384 g/mol. The van der Waals surface area contributed by atoms with E-state index in [2.05, 4.69) is 16.0 Å². The Balaban J connectivity index is 1.56. The predicted octanol–water partition coefficient (Wildman–Crippen LogP) is 3.70. The Morgan fingerprint density at radius 2 is 2.14 bits per heavy atom. The summed E-state index contributed by atoms with van der Waals surface area (Å²) < 4.78 is 5.50. The van der Waals surface area contributed by atoms with Crippen LogP contribution in [0.25, 0.3) is 0 Å². The van der Waals surface area contributed by atoms with E-state index in [9.17, 15) is 10.1 Å². The third kappa shape index (κ3) is 4.14. The standard InChI is InChI=1S/C22H22N4O2S/c1-2-28-18-7-5-17(6-8-18)19-10-21(27)26-14-25(13-16-4-3-9-24-12-16)15-29-22(26)20(19)11-23/h3-9,12,19H,2,10,13-15H2,1H3/t19-/m1/s1. The summed E-state index contributed by atoms with van der Waals surface area (Å²) in [4.78, 5) is 21.1. The fourth-order valence-corrected chi connectivity index (χ4v) is 4.84. The molecule has 4 rings (SSSR count). The molecule has 6 nitrogen and oxygen atoms in total. The lowest BCUT2D eigenvalue weighted by molar-refractivity contribution is -0.131. The lowest BCUT2D eigenvalue weighted by Gasteiger charge is -2.41. The van der Waals surface area contributed by atoms with Crippen LogP contribution < -0.4 is 4.74 Å². The molecule has 7 heteroatoms. The number of allylic oxidation sites excluding steroid dienone is 1. The van der Waals surface area contributed by atoms with Gasteiger partial charge in [-0.15, -0.1) is 0 Å². The maximum atomic E-state index is 12.9. The van der Waals surface area contributed by atoms with Crippen LogP contribution in [-0.2, 0) is 11.3 Å². The summed E-state index contributed by atoms with van der Waals surface area (Å²) in [7, 11) is 0. The van der Waals surface area contributed by atoms with E-state index in [0.717, 1.165) is 34.3 Å². The molecule has 0 spiro atoms. The molecule has 1 amide bonds. The molecular formula is C22H22N4O2S. The van der Waals surface area contributed by atoms with Gasteiger partial charge in [-0.3, -0.25) is 19.6 Å². The van der Waals surface area contributed by atoms with Crippen LogP contribution >= 0.6 is 11.8 Å². The first-order valence-corrected chi connectivity index (χ1v) is 10.6. The van der Waals surface area contributed by atoms with Crippen molar-refractivity contribution in [2.75, 3.05) is 19.2 Å². The minimum atomic E-state index is -0.202. The second-order valence-electron chi connectivity index (χ2n) is 7.02. The van der Waals surface area contributed by atoms with Gasteiger partial charge in [0.2, 0.25) is 5.91 Å². The highest BCUT2D eigenvalue weighted by molar-refractivity contribution is 8.03. The topological polar surface area (TPSA) is 69.5 Å². The number of carbonyl (C=O) groups excluding carboxylic acids is 1. The molecule has 0 saturated carbocycles. The van der Waals surface area contributed by atoms with Crippen LogP contribution in [0.5, 0.6) is 5.75 Å². The number of carbonyl (C=O) groups is 1. The van der Waals surface area contributed by atoms with Crippen LogP contribution in [0.15, 0.2) is 59.4 Å². The lowest BCUT2D eigenvalue weighted by Crippen LogP contribution is -2.46. The molecule has 0 N–H and O–H groups in total.